The van der Waals surface area contributed by atoms with E-state index in [4.69, 9.17) is 19.2 Å². The molecule has 0 saturated carbocycles. The van der Waals surface area contributed by atoms with E-state index in [-0.39, 0.29) is 49.1 Å². The molecule has 3 fully saturated rings. The molecule has 3 aliphatic rings. The Morgan fingerprint density at radius 3 is 2.46 bits per heavy atom. The summed E-state index contributed by atoms with van der Waals surface area (Å²) in [6.07, 6.45) is 0.222. The van der Waals surface area contributed by atoms with Gasteiger partial charge in [0.1, 0.15) is 6.10 Å². The molecule has 3 saturated heterocycles. The summed E-state index contributed by atoms with van der Waals surface area (Å²) < 4.78 is 48.6. The number of hydrogen-bond acceptors (Lipinski definition) is 11. The van der Waals surface area contributed by atoms with E-state index in [1.807, 2.05) is 62.4 Å². The van der Waals surface area contributed by atoms with E-state index in [0.717, 1.165) is 53.3 Å². The quantitative estimate of drug-likeness (QED) is 0.148. The molecule has 4 aromatic rings. The summed E-state index contributed by atoms with van der Waals surface area (Å²) in [6.45, 7) is 7.25. The number of amides is 1. The zero-order chi connectivity index (χ0) is 37.7. The van der Waals surface area contributed by atoms with Crippen LogP contribution in [0.1, 0.15) is 44.2 Å². The molecule has 3 aromatic carbocycles. The Kier molecular flexibility index (Phi) is 12.5. The van der Waals surface area contributed by atoms with Crippen LogP contribution in [0.5, 0.6) is 0 Å². The van der Waals surface area contributed by atoms with Gasteiger partial charge < -0.3 is 34.9 Å². The number of ether oxygens (including phenoxy) is 3. The number of nitrogens with one attached hydrogen (secondary N) is 2. The zero-order valence-electron chi connectivity index (χ0n) is 30.9. The van der Waals surface area contributed by atoms with Gasteiger partial charge in [0.15, 0.2) is 11.4 Å². The Labute approximate surface area is 321 Å². The minimum absolute atomic E-state index is 0.0263. The lowest BCUT2D eigenvalue weighted by molar-refractivity contribution is -0.0907. The van der Waals surface area contributed by atoms with Crippen LogP contribution in [-0.2, 0) is 37.2 Å². The molecular formula is C40H51N5O7S2. The number of aromatic nitrogens is 1. The fourth-order valence-corrected chi connectivity index (χ4v) is 10.7. The van der Waals surface area contributed by atoms with Crippen LogP contribution in [0.3, 0.4) is 0 Å². The van der Waals surface area contributed by atoms with Crippen molar-refractivity contribution < 1.29 is 32.5 Å². The van der Waals surface area contributed by atoms with Crippen molar-refractivity contribution in [3.8, 4) is 0 Å². The van der Waals surface area contributed by atoms with Crippen LogP contribution in [0.2, 0.25) is 0 Å². The second-order valence-electron chi connectivity index (χ2n) is 14.9. The molecule has 0 radical (unpaired) electrons. The Morgan fingerprint density at radius 1 is 1.02 bits per heavy atom. The van der Waals surface area contributed by atoms with Crippen molar-refractivity contribution in [2.24, 2.45) is 11.8 Å². The minimum atomic E-state index is -4.14. The number of thiazole rings is 1. The molecule has 5 atom stereocenters. The van der Waals surface area contributed by atoms with Crippen LogP contribution >= 0.6 is 11.3 Å². The largest absolute Gasteiger partial charge is 0.443 e. The SMILES string of the molecule is CC(C)CN(C(Cc1ccccc1)C(O)CNC(=O)OC1COC2OCCC12)S(=O)(=O)c1ccc2nc(N(Cc3ccccc3)C3CCNCC3)sc2c1. The number of benzene rings is 3. The molecule has 4 heterocycles. The van der Waals surface area contributed by atoms with Gasteiger partial charge in [-0.3, -0.25) is 0 Å². The van der Waals surface area contributed by atoms with Crippen molar-refractivity contribution in [3.63, 3.8) is 0 Å². The number of rotatable bonds is 15. The lowest BCUT2D eigenvalue weighted by Gasteiger charge is -2.35. The van der Waals surface area contributed by atoms with Crippen LogP contribution < -0.4 is 15.5 Å². The Balaban J connectivity index is 1.15. The van der Waals surface area contributed by atoms with Gasteiger partial charge >= 0.3 is 6.09 Å². The first kappa shape index (κ1) is 38.6. The molecule has 0 spiro atoms. The molecule has 54 heavy (non-hydrogen) atoms. The number of aliphatic hydroxyl groups excluding tert-OH is 1. The number of anilines is 1. The third-order valence-corrected chi connectivity index (χ3v) is 13.4. The fourth-order valence-electron chi connectivity index (χ4n) is 7.67. The molecular weight excluding hydrogens is 727 g/mol. The van der Waals surface area contributed by atoms with Gasteiger partial charge in [-0.15, -0.1) is 0 Å². The van der Waals surface area contributed by atoms with Crippen LogP contribution in [0.4, 0.5) is 9.93 Å². The maximum Gasteiger partial charge on any atom is 0.407 e. The van der Waals surface area contributed by atoms with E-state index in [1.54, 1.807) is 18.2 Å². The van der Waals surface area contributed by atoms with Crippen LogP contribution in [0.15, 0.2) is 83.8 Å². The molecule has 5 unspecified atom stereocenters. The smallest absolute Gasteiger partial charge is 0.407 e. The van der Waals surface area contributed by atoms with E-state index < -0.39 is 34.4 Å². The molecule has 3 N–H and O–H groups in total. The first-order valence-electron chi connectivity index (χ1n) is 19.0. The van der Waals surface area contributed by atoms with Crippen molar-refractivity contribution >= 4 is 42.8 Å². The Hall–Kier alpha value is -3.63. The number of piperidine rings is 1. The molecule has 14 heteroatoms. The highest BCUT2D eigenvalue weighted by molar-refractivity contribution is 7.89. The van der Waals surface area contributed by atoms with E-state index in [1.165, 1.54) is 21.2 Å². The summed E-state index contributed by atoms with van der Waals surface area (Å²) in [6, 6.07) is 24.4. The summed E-state index contributed by atoms with van der Waals surface area (Å²) >= 11 is 1.51. The van der Waals surface area contributed by atoms with Gasteiger partial charge in [0.25, 0.3) is 0 Å². The van der Waals surface area contributed by atoms with Crippen molar-refractivity contribution in [2.45, 2.75) is 81.6 Å². The van der Waals surface area contributed by atoms with Gasteiger partial charge in [-0.05, 0) is 74.0 Å². The number of carbonyl (C=O) groups is 1. The summed E-state index contributed by atoms with van der Waals surface area (Å²) in [4.78, 5) is 20.5. The third kappa shape index (κ3) is 9.07. The first-order valence-corrected chi connectivity index (χ1v) is 21.2. The maximum absolute atomic E-state index is 14.8. The second-order valence-corrected chi connectivity index (χ2v) is 17.8. The highest BCUT2D eigenvalue weighted by Gasteiger charge is 2.44. The molecule has 0 bridgehead atoms. The number of fused-ring (bicyclic) bond motifs is 2. The van der Waals surface area contributed by atoms with Crippen LogP contribution in [-0.4, -0.2) is 98.9 Å². The van der Waals surface area contributed by atoms with Gasteiger partial charge in [0.05, 0.1) is 46.4 Å². The number of nitrogens with zero attached hydrogens (tertiary/aromatic N) is 3. The minimum Gasteiger partial charge on any atom is -0.443 e. The van der Waals surface area contributed by atoms with Gasteiger partial charge in [-0.25, -0.2) is 18.2 Å². The average Bonchev–Trinajstić information content (AvgIpc) is 3.92. The van der Waals surface area contributed by atoms with Gasteiger partial charge in [0.2, 0.25) is 10.0 Å². The summed E-state index contributed by atoms with van der Waals surface area (Å²) in [5, 5.41) is 18.8. The summed E-state index contributed by atoms with van der Waals surface area (Å²) in [5.74, 6) is -0.0796. The molecule has 7 rings (SSSR count). The van der Waals surface area contributed by atoms with E-state index in [0.29, 0.717) is 19.2 Å². The predicted octanol–water partition coefficient (Wildman–Crippen LogP) is 5.16. The summed E-state index contributed by atoms with van der Waals surface area (Å²) in [5.41, 5.74) is 2.80. The molecule has 1 aromatic heterocycles. The number of sulfonamides is 1. The molecule has 1 amide bonds. The fraction of sp³-hybridized carbons (Fsp3) is 0.500. The molecule has 3 aliphatic heterocycles. The molecule has 290 valence electrons. The average molecular weight is 778 g/mol. The lowest BCUT2D eigenvalue weighted by Crippen LogP contribution is -2.53. The van der Waals surface area contributed by atoms with E-state index in [2.05, 4.69) is 27.7 Å². The Morgan fingerprint density at radius 2 is 1.74 bits per heavy atom. The van der Waals surface area contributed by atoms with E-state index in [9.17, 15) is 18.3 Å². The van der Waals surface area contributed by atoms with Gasteiger partial charge in [0, 0.05) is 25.7 Å². The normalized spacial score (nSPS) is 21.7. The number of aliphatic hydroxyl groups is 1. The van der Waals surface area contributed by atoms with Gasteiger partial charge in [-0.2, -0.15) is 4.31 Å². The highest BCUT2D eigenvalue weighted by Crippen LogP contribution is 2.36. The maximum atomic E-state index is 14.8. The summed E-state index contributed by atoms with van der Waals surface area (Å²) in [7, 11) is -4.14. The van der Waals surface area contributed by atoms with Crippen molar-refractivity contribution in [1.29, 1.82) is 0 Å². The monoisotopic (exact) mass is 777 g/mol. The lowest BCUT2D eigenvalue weighted by atomic mass is 10.0. The number of alkyl carbamates (subject to hydrolysis) is 1. The van der Waals surface area contributed by atoms with Gasteiger partial charge in [-0.1, -0.05) is 85.8 Å². The van der Waals surface area contributed by atoms with E-state index >= 15 is 0 Å². The standard InChI is InChI=1S/C40H51N5O7S2/c1-27(2)24-45(34(21-28-9-5-3-6-10-28)35(46)23-42-40(47)52-36-26-51-38-32(36)17-20-50-38)54(48,49)31-13-14-33-37(22-31)53-39(43-33)44(30-15-18-41-19-16-30)25-29-11-7-4-8-12-29/h3-14,22,27,30,32,34-36,38,41,46H,15-21,23-26H2,1-2H3,(H,42,47). The third-order valence-electron chi connectivity index (χ3n) is 10.5. The first-order chi connectivity index (χ1) is 26.2. The van der Waals surface area contributed by atoms with Crippen LogP contribution in [0.25, 0.3) is 10.2 Å². The second kappa shape index (κ2) is 17.4. The zero-order valence-corrected chi connectivity index (χ0v) is 32.5. The number of hydrogen-bond donors (Lipinski definition) is 3. The number of carbonyl (C=O) groups excluding carboxylic acids is 1. The Bertz CT molecular complexity index is 1940. The van der Waals surface area contributed by atoms with Crippen molar-refractivity contribution in [3.05, 3.63) is 90.0 Å². The predicted molar refractivity (Wildman–Crippen MR) is 209 cm³/mol. The molecule has 0 aliphatic carbocycles. The van der Waals surface area contributed by atoms with Crippen LogP contribution in [0, 0.1) is 11.8 Å². The van der Waals surface area contributed by atoms with Crippen molar-refractivity contribution in [1.82, 2.24) is 19.9 Å². The molecule has 12 nitrogen and oxygen atoms in total. The topological polar surface area (TPSA) is 143 Å². The van der Waals surface area contributed by atoms with Crippen molar-refractivity contribution in [2.75, 3.05) is 44.3 Å². The highest BCUT2D eigenvalue weighted by atomic mass is 32.2.